The zero-order chi connectivity index (χ0) is 17.5. The van der Waals surface area contributed by atoms with Gasteiger partial charge >= 0.3 is 0 Å². The number of nitrogens with one attached hydrogen (secondary N) is 1. The summed E-state index contributed by atoms with van der Waals surface area (Å²) in [6, 6.07) is 21.8. The molecule has 0 unspecified atom stereocenters. The molecule has 0 fully saturated rings. The molecule has 0 saturated carbocycles. The van der Waals surface area contributed by atoms with Crippen molar-refractivity contribution in [3.8, 4) is 0 Å². The van der Waals surface area contributed by atoms with Crippen molar-refractivity contribution in [1.82, 2.24) is 15.0 Å². The van der Waals surface area contributed by atoms with E-state index in [9.17, 15) is 0 Å². The second-order valence-corrected chi connectivity index (χ2v) is 7.21. The summed E-state index contributed by atoms with van der Waals surface area (Å²) in [6.07, 6.45) is 3.92. The van der Waals surface area contributed by atoms with Crippen LogP contribution in [0.4, 0.5) is 0 Å². The lowest BCUT2D eigenvalue weighted by Crippen LogP contribution is -1.81. The summed E-state index contributed by atoms with van der Waals surface area (Å²) >= 11 is 0. The van der Waals surface area contributed by atoms with Gasteiger partial charge in [-0.1, -0.05) is 12.1 Å². The second kappa shape index (κ2) is 4.51. The van der Waals surface area contributed by atoms with E-state index in [4.69, 9.17) is 9.97 Å². The van der Waals surface area contributed by atoms with E-state index < -0.39 is 0 Å². The number of hydrogen-bond acceptors (Lipinski definition) is 2. The zero-order valence-corrected chi connectivity index (χ0v) is 14.3. The fourth-order valence-corrected chi connectivity index (χ4v) is 4.61. The number of pyridine rings is 2. The van der Waals surface area contributed by atoms with E-state index in [1.54, 1.807) is 0 Å². The molecule has 0 amide bonds. The van der Waals surface area contributed by atoms with Crippen LogP contribution < -0.4 is 0 Å². The Bertz CT molecular complexity index is 1670. The topological polar surface area (TPSA) is 41.6 Å². The van der Waals surface area contributed by atoms with Crippen molar-refractivity contribution in [2.45, 2.75) is 0 Å². The number of H-pyrrole nitrogens is 1. The van der Waals surface area contributed by atoms with Crippen molar-refractivity contribution >= 4 is 65.2 Å². The van der Waals surface area contributed by atoms with Crippen molar-refractivity contribution in [2.75, 3.05) is 0 Å². The Labute approximate surface area is 153 Å². The van der Waals surface area contributed by atoms with Crippen LogP contribution in [0.5, 0.6) is 0 Å². The fraction of sp³-hybridized carbons (Fsp3) is 0. The molecule has 3 nitrogen and oxygen atoms in total. The van der Waals surface area contributed by atoms with Crippen LogP contribution in [0.1, 0.15) is 0 Å². The maximum Gasteiger partial charge on any atom is 0.0716 e. The summed E-state index contributed by atoms with van der Waals surface area (Å²) in [5.74, 6) is 0. The van der Waals surface area contributed by atoms with Crippen LogP contribution in [0.15, 0.2) is 73.1 Å². The lowest BCUT2D eigenvalue weighted by Gasteiger charge is -2.05. The second-order valence-electron chi connectivity index (χ2n) is 7.21. The molecule has 0 atom stereocenters. The van der Waals surface area contributed by atoms with Crippen LogP contribution in [0.2, 0.25) is 0 Å². The van der Waals surface area contributed by atoms with Gasteiger partial charge in [0.05, 0.1) is 16.6 Å². The van der Waals surface area contributed by atoms with Crippen molar-refractivity contribution in [3.63, 3.8) is 0 Å². The standard InChI is InChI=1S/C24H13N3/c1-3-19-17-11-13(1)15-7-9-25-21-5-6-22-24(16(17)8-10-26-22)18-12-14(23(15)21)2-4-20(18)27-19/h1-12,25H. The summed E-state index contributed by atoms with van der Waals surface area (Å²) in [7, 11) is 0. The van der Waals surface area contributed by atoms with Crippen LogP contribution in [0.3, 0.4) is 0 Å². The molecule has 0 aliphatic heterocycles. The molecule has 3 aromatic heterocycles. The van der Waals surface area contributed by atoms with Gasteiger partial charge in [-0.05, 0) is 70.1 Å². The summed E-state index contributed by atoms with van der Waals surface area (Å²) in [5, 5.41) is 9.55. The molecule has 3 heterocycles. The highest BCUT2D eigenvalue weighted by atomic mass is 14.7. The van der Waals surface area contributed by atoms with Crippen LogP contribution in [0.25, 0.3) is 65.2 Å². The number of aromatic amines is 1. The zero-order valence-electron chi connectivity index (χ0n) is 14.3. The highest BCUT2D eigenvalue weighted by Gasteiger charge is 2.12. The molecular formula is C24H13N3. The molecule has 3 heteroatoms. The van der Waals surface area contributed by atoms with E-state index in [1.807, 2.05) is 12.4 Å². The first-order valence-corrected chi connectivity index (χ1v) is 9.10. The van der Waals surface area contributed by atoms with Crippen LogP contribution in [0, 0.1) is 0 Å². The van der Waals surface area contributed by atoms with Gasteiger partial charge < -0.3 is 4.98 Å². The number of fused-ring (bicyclic) bond motifs is 2. The monoisotopic (exact) mass is 343 g/mol. The van der Waals surface area contributed by atoms with Crippen molar-refractivity contribution in [3.05, 3.63) is 73.1 Å². The third-order valence-corrected chi connectivity index (χ3v) is 5.81. The lowest BCUT2D eigenvalue weighted by molar-refractivity contribution is 1.42. The molecule has 0 radical (unpaired) electrons. The quantitative estimate of drug-likeness (QED) is 0.358. The Morgan fingerprint density at radius 2 is 1.41 bits per heavy atom. The Hall–Kier alpha value is -3.72. The molecule has 124 valence electrons. The number of aromatic nitrogens is 3. The number of rotatable bonds is 0. The van der Waals surface area contributed by atoms with Gasteiger partial charge in [-0.25, -0.2) is 4.98 Å². The van der Waals surface area contributed by atoms with E-state index >= 15 is 0 Å². The Balaban J connectivity index is 2.15. The minimum Gasteiger partial charge on any atom is -0.361 e. The average Bonchev–Trinajstić information content (AvgIpc) is 2.86. The van der Waals surface area contributed by atoms with Crippen molar-refractivity contribution < 1.29 is 0 Å². The predicted molar refractivity (Wildman–Crippen MR) is 113 cm³/mol. The molecular weight excluding hydrogens is 330 g/mol. The van der Waals surface area contributed by atoms with Gasteiger partial charge in [0.1, 0.15) is 0 Å². The van der Waals surface area contributed by atoms with Gasteiger partial charge in [-0.15, -0.1) is 0 Å². The third kappa shape index (κ3) is 1.62. The molecule has 0 aliphatic rings. The van der Waals surface area contributed by atoms with Crippen LogP contribution in [-0.2, 0) is 0 Å². The molecule has 0 saturated heterocycles. The Morgan fingerprint density at radius 1 is 0.593 bits per heavy atom. The summed E-state index contributed by atoms with van der Waals surface area (Å²) in [6.45, 7) is 0. The first-order valence-electron chi connectivity index (χ1n) is 9.10. The van der Waals surface area contributed by atoms with Gasteiger partial charge in [0, 0.05) is 39.5 Å². The highest BCUT2D eigenvalue weighted by Crippen LogP contribution is 2.37. The SMILES string of the molecule is c1cc2c3cc4ccc3nc3ccc5cc3c2c(ccc2[nH]ccc4c52)n1. The molecule has 0 aliphatic carbocycles. The van der Waals surface area contributed by atoms with Crippen molar-refractivity contribution in [1.29, 1.82) is 0 Å². The van der Waals surface area contributed by atoms with E-state index in [0.717, 1.165) is 27.5 Å². The first kappa shape index (κ1) is 13.5. The molecule has 1 N–H and O–H groups in total. The lowest BCUT2D eigenvalue weighted by atomic mass is 10.00. The highest BCUT2D eigenvalue weighted by molar-refractivity contribution is 6.25. The minimum absolute atomic E-state index is 0.980. The average molecular weight is 343 g/mol. The number of nitrogens with zero attached hydrogens (tertiary/aromatic N) is 2. The molecule has 7 rings (SSSR count). The maximum atomic E-state index is 5.02. The summed E-state index contributed by atoms with van der Waals surface area (Å²) in [4.78, 5) is 13.2. The first-order chi connectivity index (χ1) is 13.4. The summed E-state index contributed by atoms with van der Waals surface area (Å²) in [5.41, 5.74) is 4.09. The van der Waals surface area contributed by atoms with E-state index in [0.29, 0.717) is 0 Å². The fourth-order valence-electron chi connectivity index (χ4n) is 4.61. The largest absolute Gasteiger partial charge is 0.361 e. The Kier molecular flexibility index (Phi) is 2.25. The van der Waals surface area contributed by atoms with Gasteiger partial charge in [0.25, 0.3) is 0 Å². The smallest absolute Gasteiger partial charge is 0.0716 e. The van der Waals surface area contributed by atoms with Crippen molar-refractivity contribution in [2.24, 2.45) is 0 Å². The third-order valence-electron chi connectivity index (χ3n) is 5.81. The van der Waals surface area contributed by atoms with E-state index in [-0.39, 0.29) is 0 Å². The maximum absolute atomic E-state index is 5.02. The molecule has 7 aromatic rings. The van der Waals surface area contributed by atoms with Gasteiger partial charge in [-0.3, -0.25) is 4.98 Å². The molecule has 6 bridgehead atoms. The van der Waals surface area contributed by atoms with Crippen LogP contribution in [-0.4, -0.2) is 15.0 Å². The van der Waals surface area contributed by atoms with Crippen LogP contribution >= 0.6 is 0 Å². The Morgan fingerprint density at radius 3 is 2.37 bits per heavy atom. The minimum atomic E-state index is 0.980. The molecule has 27 heavy (non-hydrogen) atoms. The van der Waals surface area contributed by atoms with Gasteiger partial charge in [-0.2, -0.15) is 0 Å². The molecule has 4 aromatic carbocycles. The van der Waals surface area contributed by atoms with Gasteiger partial charge in [0.2, 0.25) is 0 Å². The number of benzene rings is 2. The van der Waals surface area contributed by atoms with Gasteiger partial charge in [0.15, 0.2) is 0 Å². The summed E-state index contributed by atoms with van der Waals surface area (Å²) < 4.78 is 0. The van der Waals surface area contributed by atoms with E-state index in [1.165, 1.54) is 37.7 Å². The van der Waals surface area contributed by atoms with E-state index in [2.05, 4.69) is 65.6 Å². The predicted octanol–water partition coefficient (Wildman–Crippen LogP) is 6.16. The molecule has 0 spiro atoms. The number of hydrogen-bond donors (Lipinski definition) is 1. The normalized spacial score (nSPS) is 12.4.